The van der Waals surface area contributed by atoms with Crippen molar-refractivity contribution in [1.82, 2.24) is 5.43 Å². The third-order valence-electron chi connectivity index (χ3n) is 3.22. The molecule has 0 spiro atoms. The fourth-order valence-electron chi connectivity index (χ4n) is 2.16. The molecule has 7 nitrogen and oxygen atoms in total. The van der Waals surface area contributed by atoms with Gasteiger partial charge in [0.15, 0.2) is 0 Å². The number of hydrogen-bond acceptors (Lipinski definition) is 4. The highest BCUT2D eigenvalue weighted by Crippen LogP contribution is 2.13. The van der Waals surface area contributed by atoms with Crippen molar-refractivity contribution < 1.29 is 19.5 Å². The maximum absolute atomic E-state index is 11.8. The van der Waals surface area contributed by atoms with Crippen LogP contribution < -0.4 is 10.7 Å². The molecule has 128 valence electrons. The Morgan fingerprint density at radius 2 is 1.56 bits per heavy atom. The highest BCUT2D eigenvalue weighted by atomic mass is 16.4. The summed E-state index contributed by atoms with van der Waals surface area (Å²) in [6.07, 6.45) is 1.31. The normalized spacial score (nSPS) is 10.5. The van der Waals surface area contributed by atoms with Gasteiger partial charge in [0.05, 0.1) is 11.8 Å². The maximum atomic E-state index is 11.8. The Hall–Kier alpha value is -3.48. The molecule has 0 saturated carbocycles. The molecule has 0 unspecified atom stereocenters. The number of aryl methyl sites for hydroxylation is 2. The minimum atomic E-state index is -1.03. The Labute approximate surface area is 144 Å². The van der Waals surface area contributed by atoms with Gasteiger partial charge in [0, 0.05) is 5.69 Å². The number of aromatic carboxylic acids is 1. The number of rotatable bonds is 4. The SMILES string of the molecule is Cc1cc(C)cc(NC(=O)C(=O)N/N=C\c2ccc(C(=O)O)cc2)c1. The maximum Gasteiger partial charge on any atom is 0.335 e. The van der Waals surface area contributed by atoms with Gasteiger partial charge in [-0.25, -0.2) is 10.2 Å². The third-order valence-corrected chi connectivity index (χ3v) is 3.22. The number of hydrogen-bond donors (Lipinski definition) is 3. The molecule has 0 saturated heterocycles. The van der Waals surface area contributed by atoms with Gasteiger partial charge in [0.1, 0.15) is 0 Å². The first kappa shape index (κ1) is 17.9. The number of carbonyl (C=O) groups excluding carboxylic acids is 2. The standard InChI is InChI=1S/C18H17N3O4/c1-11-7-12(2)9-15(8-11)20-16(22)17(23)21-19-10-13-3-5-14(6-4-13)18(24)25/h3-10H,1-2H3,(H,20,22)(H,21,23)(H,24,25)/b19-10-. The van der Waals surface area contributed by atoms with Gasteiger partial charge in [-0.2, -0.15) is 5.10 Å². The molecule has 0 fully saturated rings. The van der Waals surface area contributed by atoms with Gasteiger partial charge in [-0.05, 0) is 54.8 Å². The Balaban J connectivity index is 1.92. The minimum absolute atomic E-state index is 0.147. The van der Waals surface area contributed by atoms with E-state index in [0.29, 0.717) is 11.3 Å². The van der Waals surface area contributed by atoms with Crippen molar-refractivity contribution in [2.24, 2.45) is 5.10 Å². The number of carboxylic acids is 1. The van der Waals surface area contributed by atoms with E-state index in [0.717, 1.165) is 11.1 Å². The molecule has 25 heavy (non-hydrogen) atoms. The zero-order valence-corrected chi connectivity index (χ0v) is 13.7. The van der Waals surface area contributed by atoms with Gasteiger partial charge in [-0.3, -0.25) is 9.59 Å². The van der Waals surface area contributed by atoms with Crippen LogP contribution in [0.1, 0.15) is 27.0 Å². The number of hydrazone groups is 1. The van der Waals surface area contributed by atoms with Crippen LogP contribution in [-0.4, -0.2) is 29.1 Å². The topological polar surface area (TPSA) is 108 Å². The lowest BCUT2D eigenvalue weighted by atomic mass is 10.1. The number of nitrogens with one attached hydrogen (secondary N) is 2. The summed E-state index contributed by atoms with van der Waals surface area (Å²) in [4.78, 5) is 34.3. The average molecular weight is 339 g/mol. The van der Waals surface area contributed by atoms with E-state index < -0.39 is 17.8 Å². The highest BCUT2D eigenvalue weighted by Gasteiger charge is 2.13. The van der Waals surface area contributed by atoms with E-state index in [1.54, 1.807) is 12.1 Å². The number of benzene rings is 2. The van der Waals surface area contributed by atoms with E-state index in [-0.39, 0.29) is 5.56 Å². The summed E-state index contributed by atoms with van der Waals surface area (Å²) < 4.78 is 0. The largest absolute Gasteiger partial charge is 0.478 e. The van der Waals surface area contributed by atoms with E-state index in [4.69, 9.17) is 5.11 Å². The molecule has 2 aromatic rings. The highest BCUT2D eigenvalue weighted by molar-refractivity contribution is 6.39. The molecular formula is C18H17N3O4. The van der Waals surface area contributed by atoms with Crippen molar-refractivity contribution in [2.45, 2.75) is 13.8 Å². The summed E-state index contributed by atoms with van der Waals surface area (Å²) in [6.45, 7) is 3.78. The first-order valence-corrected chi connectivity index (χ1v) is 7.41. The Bertz CT molecular complexity index is 822. The molecule has 0 aromatic heterocycles. The van der Waals surface area contributed by atoms with Crippen LogP contribution in [0.3, 0.4) is 0 Å². The molecule has 0 bridgehead atoms. The van der Waals surface area contributed by atoms with Crippen molar-refractivity contribution >= 4 is 29.7 Å². The quantitative estimate of drug-likeness (QED) is 0.450. The number of nitrogens with zero attached hydrogens (tertiary/aromatic N) is 1. The smallest absolute Gasteiger partial charge is 0.335 e. The average Bonchev–Trinajstić information content (AvgIpc) is 2.54. The van der Waals surface area contributed by atoms with E-state index in [1.165, 1.54) is 30.5 Å². The van der Waals surface area contributed by atoms with Crippen molar-refractivity contribution in [3.63, 3.8) is 0 Å². The second kappa shape index (κ2) is 7.87. The number of carbonyl (C=O) groups is 3. The number of anilines is 1. The fourth-order valence-corrected chi connectivity index (χ4v) is 2.16. The van der Waals surface area contributed by atoms with E-state index in [1.807, 2.05) is 19.9 Å². The first-order valence-electron chi connectivity index (χ1n) is 7.41. The molecule has 2 rings (SSSR count). The summed E-state index contributed by atoms with van der Waals surface area (Å²) in [5.74, 6) is -2.76. The minimum Gasteiger partial charge on any atom is -0.478 e. The second-order valence-corrected chi connectivity index (χ2v) is 5.46. The van der Waals surface area contributed by atoms with E-state index >= 15 is 0 Å². The van der Waals surface area contributed by atoms with Crippen LogP contribution in [0, 0.1) is 13.8 Å². The Kier molecular flexibility index (Phi) is 5.62. The molecule has 0 atom stereocenters. The summed E-state index contributed by atoms with van der Waals surface area (Å²) in [7, 11) is 0. The van der Waals surface area contributed by atoms with Crippen molar-refractivity contribution in [1.29, 1.82) is 0 Å². The fraction of sp³-hybridized carbons (Fsp3) is 0.111. The molecular weight excluding hydrogens is 322 g/mol. The third kappa shape index (κ3) is 5.28. The summed E-state index contributed by atoms with van der Waals surface area (Å²) in [5, 5.41) is 15.0. The van der Waals surface area contributed by atoms with Crippen LogP contribution >= 0.6 is 0 Å². The summed E-state index contributed by atoms with van der Waals surface area (Å²) in [5.41, 5.74) is 5.33. The van der Waals surface area contributed by atoms with Gasteiger partial charge in [-0.15, -0.1) is 0 Å². The predicted molar refractivity (Wildman–Crippen MR) is 93.7 cm³/mol. The van der Waals surface area contributed by atoms with Crippen LogP contribution in [0.5, 0.6) is 0 Å². The Morgan fingerprint density at radius 3 is 2.12 bits per heavy atom. The predicted octanol–water partition coefficient (Wildman–Crippen LogP) is 2.09. The number of amides is 2. The van der Waals surface area contributed by atoms with Crippen molar-refractivity contribution in [3.05, 3.63) is 64.7 Å². The lowest BCUT2D eigenvalue weighted by molar-refractivity contribution is -0.136. The van der Waals surface area contributed by atoms with E-state index in [2.05, 4.69) is 15.8 Å². The van der Waals surface area contributed by atoms with Crippen LogP contribution in [0.25, 0.3) is 0 Å². The van der Waals surface area contributed by atoms with Crippen LogP contribution in [0.15, 0.2) is 47.6 Å². The monoisotopic (exact) mass is 339 g/mol. The van der Waals surface area contributed by atoms with Crippen LogP contribution in [0.4, 0.5) is 5.69 Å². The molecule has 0 aliphatic heterocycles. The molecule has 0 aliphatic carbocycles. The Morgan fingerprint density at radius 1 is 0.960 bits per heavy atom. The van der Waals surface area contributed by atoms with Gasteiger partial charge in [-0.1, -0.05) is 18.2 Å². The number of carboxylic acid groups (broad SMARTS) is 1. The van der Waals surface area contributed by atoms with Crippen LogP contribution in [-0.2, 0) is 9.59 Å². The van der Waals surface area contributed by atoms with Gasteiger partial charge in [0.2, 0.25) is 0 Å². The lowest BCUT2D eigenvalue weighted by Gasteiger charge is -2.06. The summed E-state index contributed by atoms with van der Waals surface area (Å²) >= 11 is 0. The second-order valence-electron chi connectivity index (χ2n) is 5.46. The molecule has 0 radical (unpaired) electrons. The lowest BCUT2D eigenvalue weighted by Crippen LogP contribution is -2.32. The first-order chi connectivity index (χ1) is 11.8. The molecule has 7 heteroatoms. The zero-order chi connectivity index (χ0) is 18.4. The van der Waals surface area contributed by atoms with Gasteiger partial charge >= 0.3 is 17.8 Å². The molecule has 0 aliphatic rings. The van der Waals surface area contributed by atoms with Gasteiger partial charge < -0.3 is 10.4 Å². The molecule has 3 N–H and O–H groups in total. The molecule has 0 heterocycles. The van der Waals surface area contributed by atoms with Crippen LogP contribution in [0.2, 0.25) is 0 Å². The molecule has 2 aromatic carbocycles. The van der Waals surface area contributed by atoms with Gasteiger partial charge in [0.25, 0.3) is 0 Å². The van der Waals surface area contributed by atoms with Crippen molar-refractivity contribution in [2.75, 3.05) is 5.32 Å². The summed E-state index contributed by atoms with van der Waals surface area (Å²) in [6, 6.07) is 11.4. The van der Waals surface area contributed by atoms with Crippen molar-refractivity contribution in [3.8, 4) is 0 Å². The van der Waals surface area contributed by atoms with E-state index in [9.17, 15) is 14.4 Å². The molecule has 2 amide bonds. The zero-order valence-electron chi connectivity index (χ0n) is 13.7.